The molecule has 1 aromatic carbocycles. The lowest BCUT2D eigenvalue weighted by atomic mass is 10.1. The third kappa shape index (κ3) is 3.88. The topological polar surface area (TPSA) is 29.5 Å². The Labute approximate surface area is 147 Å². The van der Waals surface area contributed by atoms with Crippen LogP contribution in [0.25, 0.3) is 16.2 Å². The molecule has 0 saturated carbocycles. The van der Waals surface area contributed by atoms with Gasteiger partial charge in [0.1, 0.15) is 0 Å². The molecule has 0 bridgehead atoms. The van der Waals surface area contributed by atoms with E-state index in [0.717, 1.165) is 27.8 Å². The van der Waals surface area contributed by atoms with E-state index in [1.54, 1.807) is 25.4 Å². The zero-order chi connectivity index (χ0) is 16.9. The van der Waals surface area contributed by atoms with E-state index < -0.39 is 0 Å². The number of benzene rings is 1. The van der Waals surface area contributed by atoms with Gasteiger partial charge in [-0.2, -0.15) is 0 Å². The summed E-state index contributed by atoms with van der Waals surface area (Å²) in [5.41, 5.74) is 1.38. The highest BCUT2D eigenvalue weighted by molar-refractivity contribution is 7.20. The largest absolute Gasteiger partial charge is 0.414 e. The summed E-state index contributed by atoms with van der Waals surface area (Å²) in [6, 6.07) is 8.06. The summed E-state index contributed by atoms with van der Waals surface area (Å²) < 4.78 is 6.78. The van der Waals surface area contributed by atoms with Crippen LogP contribution in [0.1, 0.15) is 37.0 Å². The van der Waals surface area contributed by atoms with Crippen LogP contribution < -0.4 is 4.74 Å². The average Bonchev–Trinajstić information content (AvgIpc) is 2.74. The number of nitrogens with zero attached hydrogens (tertiary/aromatic N) is 1. The fraction of sp³-hybridized carbons (Fsp3) is 0.350. The highest BCUT2D eigenvalue weighted by Crippen LogP contribution is 2.39. The molecule has 126 valence electrons. The SMILES string of the molecule is CN(C)C(=O)Oc1c(C=CC2=CCCCCC2)sc2ccccc12. The molecule has 1 aromatic heterocycles. The maximum Gasteiger partial charge on any atom is 0.414 e. The Bertz CT molecular complexity index is 786. The van der Waals surface area contributed by atoms with Gasteiger partial charge in [0.25, 0.3) is 0 Å². The molecular formula is C20H23NO2S. The molecular weight excluding hydrogens is 318 g/mol. The van der Waals surface area contributed by atoms with Crippen LogP contribution in [0.3, 0.4) is 0 Å². The van der Waals surface area contributed by atoms with Crippen molar-refractivity contribution in [3.8, 4) is 5.75 Å². The number of hydrogen-bond acceptors (Lipinski definition) is 3. The maximum absolute atomic E-state index is 12.0. The standard InChI is InChI=1S/C20H23NO2S/c1-21(2)20(22)23-19-16-11-7-8-12-17(16)24-18(19)14-13-15-9-5-3-4-6-10-15/h7-9,11-14H,3-6,10H2,1-2H3. The Balaban J connectivity index is 1.94. The highest BCUT2D eigenvalue weighted by atomic mass is 32.1. The normalized spacial score (nSPS) is 15.3. The summed E-state index contributed by atoms with van der Waals surface area (Å²) in [6.45, 7) is 0. The first-order valence-corrected chi connectivity index (χ1v) is 9.24. The Hall–Kier alpha value is -2.07. The van der Waals surface area contributed by atoms with E-state index in [1.165, 1.54) is 29.7 Å². The van der Waals surface area contributed by atoms with Crippen molar-refractivity contribution < 1.29 is 9.53 Å². The lowest BCUT2D eigenvalue weighted by Crippen LogP contribution is -2.25. The summed E-state index contributed by atoms with van der Waals surface area (Å²) in [5, 5.41) is 0.993. The lowest BCUT2D eigenvalue weighted by Gasteiger charge is -2.11. The third-order valence-electron chi connectivity index (χ3n) is 4.15. The van der Waals surface area contributed by atoms with Crippen molar-refractivity contribution in [1.82, 2.24) is 4.90 Å². The first-order valence-electron chi connectivity index (χ1n) is 8.43. The number of allylic oxidation sites excluding steroid dienone is 3. The van der Waals surface area contributed by atoms with Gasteiger partial charge >= 0.3 is 6.09 Å². The monoisotopic (exact) mass is 341 g/mol. The number of ether oxygens (including phenoxy) is 1. The fourth-order valence-electron chi connectivity index (χ4n) is 2.81. The first-order chi connectivity index (χ1) is 11.6. The molecule has 0 atom stereocenters. The molecule has 2 aromatic rings. The minimum absolute atomic E-state index is 0.345. The Kier molecular flexibility index (Phi) is 5.36. The van der Waals surface area contributed by atoms with Crippen molar-refractivity contribution in [2.24, 2.45) is 0 Å². The molecule has 1 amide bonds. The van der Waals surface area contributed by atoms with Gasteiger partial charge in [-0.05, 0) is 43.9 Å². The van der Waals surface area contributed by atoms with E-state index in [0.29, 0.717) is 5.75 Å². The second-order valence-electron chi connectivity index (χ2n) is 6.27. The van der Waals surface area contributed by atoms with E-state index in [2.05, 4.69) is 24.3 Å². The van der Waals surface area contributed by atoms with E-state index in [-0.39, 0.29) is 6.09 Å². The van der Waals surface area contributed by atoms with Crippen molar-refractivity contribution in [3.05, 3.63) is 46.9 Å². The second-order valence-corrected chi connectivity index (χ2v) is 7.35. The molecule has 0 unspecified atom stereocenters. The fourth-order valence-corrected chi connectivity index (χ4v) is 3.84. The van der Waals surface area contributed by atoms with Gasteiger partial charge in [-0.1, -0.05) is 36.3 Å². The smallest absolute Gasteiger partial charge is 0.408 e. The molecule has 24 heavy (non-hydrogen) atoms. The zero-order valence-electron chi connectivity index (χ0n) is 14.2. The Morgan fingerprint density at radius 2 is 2.00 bits per heavy atom. The van der Waals surface area contributed by atoms with E-state index in [9.17, 15) is 4.79 Å². The summed E-state index contributed by atoms with van der Waals surface area (Å²) in [5.74, 6) is 0.666. The van der Waals surface area contributed by atoms with Crippen LogP contribution in [0.2, 0.25) is 0 Å². The molecule has 3 nitrogen and oxygen atoms in total. The summed E-state index contributed by atoms with van der Waals surface area (Å²) in [7, 11) is 3.39. The van der Waals surface area contributed by atoms with Crippen LogP contribution in [0, 0.1) is 0 Å². The molecule has 1 heterocycles. The van der Waals surface area contributed by atoms with Gasteiger partial charge in [0.15, 0.2) is 5.75 Å². The number of carbonyl (C=O) groups is 1. The summed E-state index contributed by atoms with van der Waals surface area (Å²) >= 11 is 1.66. The first kappa shape index (κ1) is 16.8. The van der Waals surface area contributed by atoms with Crippen molar-refractivity contribution in [3.63, 3.8) is 0 Å². The minimum atomic E-state index is -0.345. The molecule has 0 aliphatic heterocycles. The number of amides is 1. The third-order valence-corrected chi connectivity index (χ3v) is 5.27. The Morgan fingerprint density at radius 1 is 1.17 bits per heavy atom. The van der Waals surface area contributed by atoms with Crippen LogP contribution in [0.5, 0.6) is 5.75 Å². The van der Waals surface area contributed by atoms with Gasteiger partial charge in [0.2, 0.25) is 0 Å². The maximum atomic E-state index is 12.0. The van der Waals surface area contributed by atoms with Crippen LogP contribution in [-0.2, 0) is 0 Å². The van der Waals surface area contributed by atoms with Gasteiger partial charge in [-0.25, -0.2) is 4.79 Å². The van der Waals surface area contributed by atoms with Crippen molar-refractivity contribution >= 4 is 33.6 Å². The average molecular weight is 341 g/mol. The number of hydrogen-bond donors (Lipinski definition) is 0. The van der Waals surface area contributed by atoms with Gasteiger partial charge in [-0.3, -0.25) is 0 Å². The van der Waals surface area contributed by atoms with Gasteiger partial charge in [0, 0.05) is 24.2 Å². The van der Waals surface area contributed by atoms with E-state index >= 15 is 0 Å². The molecule has 0 fully saturated rings. The number of fused-ring (bicyclic) bond motifs is 1. The molecule has 1 aliphatic carbocycles. The van der Waals surface area contributed by atoms with Gasteiger partial charge in [0.05, 0.1) is 4.88 Å². The quantitative estimate of drug-likeness (QED) is 0.699. The highest BCUT2D eigenvalue weighted by Gasteiger charge is 2.16. The van der Waals surface area contributed by atoms with Crippen molar-refractivity contribution in [2.75, 3.05) is 14.1 Å². The molecule has 3 rings (SSSR count). The van der Waals surface area contributed by atoms with Crippen LogP contribution in [0.4, 0.5) is 4.79 Å². The number of carbonyl (C=O) groups excluding carboxylic acids is 1. The molecule has 0 N–H and O–H groups in total. The van der Waals surface area contributed by atoms with Gasteiger partial charge < -0.3 is 9.64 Å². The van der Waals surface area contributed by atoms with Crippen LogP contribution in [-0.4, -0.2) is 25.1 Å². The van der Waals surface area contributed by atoms with Crippen LogP contribution in [0.15, 0.2) is 42.0 Å². The Morgan fingerprint density at radius 3 is 2.83 bits per heavy atom. The predicted molar refractivity (Wildman–Crippen MR) is 102 cm³/mol. The van der Waals surface area contributed by atoms with Crippen molar-refractivity contribution in [1.29, 1.82) is 0 Å². The van der Waals surface area contributed by atoms with E-state index in [1.807, 2.05) is 18.2 Å². The number of thiophene rings is 1. The summed E-state index contributed by atoms with van der Waals surface area (Å²) in [4.78, 5) is 14.5. The molecule has 0 spiro atoms. The minimum Gasteiger partial charge on any atom is -0.408 e. The van der Waals surface area contributed by atoms with E-state index in [4.69, 9.17) is 4.74 Å². The molecule has 0 radical (unpaired) electrons. The molecule has 1 aliphatic rings. The van der Waals surface area contributed by atoms with Crippen LogP contribution >= 0.6 is 11.3 Å². The molecule has 4 heteroatoms. The lowest BCUT2D eigenvalue weighted by molar-refractivity contribution is 0.172. The number of rotatable bonds is 3. The predicted octanol–water partition coefficient (Wildman–Crippen LogP) is 5.87. The molecule has 0 saturated heterocycles. The van der Waals surface area contributed by atoms with Crippen molar-refractivity contribution in [2.45, 2.75) is 32.1 Å². The van der Waals surface area contributed by atoms with Gasteiger partial charge in [-0.15, -0.1) is 11.3 Å². The second kappa shape index (κ2) is 7.67. The summed E-state index contributed by atoms with van der Waals surface area (Å²) in [6.07, 6.45) is 12.4. The zero-order valence-corrected chi connectivity index (χ0v) is 15.1.